The van der Waals surface area contributed by atoms with Gasteiger partial charge in [-0.05, 0) is 44.9 Å². The molecule has 0 spiro atoms. The molecule has 3 aromatic rings. The number of sulfonamides is 1. The van der Waals surface area contributed by atoms with Crippen LogP contribution >= 0.6 is 7.60 Å². The molecule has 236 valence electrons. The molecule has 3 aromatic carbocycles. The third kappa shape index (κ3) is 9.00. The smallest absolute Gasteiger partial charge is 0.336 e. The van der Waals surface area contributed by atoms with E-state index in [1.54, 1.807) is 49.4 Å². The van der Waals surface area contributed by atoms with Crippen molar-refractivity contribution in [3.8, 4) is 0 Å². The molecule has 1 N–H and O–H groups in total. The Bertz CT molecular complexity index is 1590. The van der Waals surface area contributed by atoms with E-state index >= 15 is 0 Å². The van der Waals surface area contributed by atoms with Gasteiger partial charge in [0.15, 0.2) is 0 Å². The van der Waals surface area contributed by atoms with E-state index in [-0.39, 0.29) is 36.6 Å². The van der Waals surface area contributed by atoms with Crippen LogP contribution < -0.4 is 4.72 Å². The van der Waals surface area contributed by atoms with Gasteiger partial charge in [-0.15, -0.1) is 0 Å². The van der Waals surface area contributed by atoms with E-state index in [4.69, 9.17) is 9.05 Å². The molecule has 0 aliphatic heterocycles. The van der Waals surface area contributed by atoms with Crippen molar-refractivity contribution in [2.75, 3.05) is 26.3 Å². The molecule has 0 radical (unpaired) electrons. The van der Waals surface area contributed by atoms with Gasteiger partial charge in [0.2, 0.25) is 10.0 Å². The Hall–Kier alpha value is -4.01. The van der Waals surface area contributed by atoms with Crippen molar-refractivity contribution in [1.29, 1.82) is 0 Å². The third-order valence-electron chi connectivity index (χ3n) is 6.39. The van der Waals surface area contributed by atoms with Crippen molar-refractivity contribution in [1.82, 2.24) is 9.62 Å². The number of amides is 1. The Labute approximate surface area is 254 Å². The lowest BCUT2D eigenvalue weighted by Crippen LogP contribution is -2.47. The summed E-state index contributed by atoms with van der Waals surface area (Å²) in [6, 6.07) is 17.3. The lowest BCUT2D eigenvalue weighted by atomic mass is 10.1. The molecule has 14 nitrogen and oxygen atoms in total. The molecule has 0 saturated heterocycles. The fourth-order valence-corrected chi connectivity index (χ4v) is 7.80. The second-order valence-corrected chi connectivity index (χ2v) is 13.5. The second kappa shape index (κ2) is 15.1. The Morgan fingerprint density at radius 3 is 1.98 bits per heavy atom. The number of nitro benzene ring substituents is 2. The molecule has 0 heterocycles. The normalized spacial score (nSPS) is 12.4. The Balaban J connectivity index is 2.11. The molecule has 16 heteroatoms. The van der Waals surface area contributed by atoms with E-state index < -0.39 is 57.1 Å². The molecule has 0 fully saturated rings. The summed E-state index contributed by atoms with van der Waals surface area (Å²) in [5.41, 5.74) is -0.154. The minimum atomic E-state index is -4.33. The van der Waals surface area contributed by atoms with Crippen LogP contribution in [0, 0.1) is 27.2 Å². The molecule has 3 rings (SSSR count). The Kier molecular flexibility index (Phi) is 11.9. The van der Waals surface area contributed by atoms with Gasteiger partial charge in [0.25, 0.3) is 17.3 Å². The summed E-state index contributed by atoms with van der Waals surface area (Å²) in [6.07, 6.45) is 0.245. The number of benzene rings is 3. The van der Waals surface area contributed by atoms with Crippen LogP contribution in [0.15, 0.2) is 77.7 Å². The van der Waals surface area contributed by atoms with Crippen molar-refractivity contribution >= 4 is 34.9 Å². The first-order valence-electron chi connectivity index (χ1n) is 13.5. The summed E-state index contributed by atoms with van der Waals surface area (Å²) in [5, 5.41) is 23.0. The Morgan fingerprint density at radius 1 is 0.932 bits per heavy atom. The van der Waals surface area contributed by atoms with Crippen molar-refractivity contribution in [2.24, 2.45) is 0 Å². The SMILES string of the molecule is CCOP(=O)(OCC)C(CN(CCc1ccccc1)C(=O)c1cc([N+](=O)[O-])cc([N+](=O)[O-])c1)NS(=O)(=O)c1ccc(C)cc1. The maximum absolute atomic E-state index is 14.0. The summed E-state index contributed by atoms with van der Waals surface area (Å²) in [5.74, 6) is -2.52. The van der Waals surface area contributed by atoms with Gasteiger partial charge in [-0.25, -0.2) is 8.42 Å². The van der Waals surface area contributed by atoms with Gasteiger partial charge < -0.3 is 13.9 Å². The number of nitrogens with one attached hydrogen (secondary N) is 1. The quantitative estimate of drug-likeness (QED) is 0.125. The number of aryl methyl sites for hydroxylation is 1. The minimum Gasteiger partial charge on any atom is -0.336 e. The van der Waals surface area contributed by atoms with Crippen LogP contribution in [0.2, 0.25) is 0 Å². The number of rotatable bonds is 16. The lowest BCUT2D eigenvalue weighted by molar-refractivity contribution is -0.394. The molecule has 1 atom stereocenters. The molecule has 1 amide bonds. The van der Waals surface area contributed by atoms with E-state index in [1.165, 1.54) is 26.0 Å². The first kappa shape index (κ1) is 34.5. The van der Waals surface area contributed by atoms with E-state index in [0.717, 1.165) is 34.2 Å². The predicted octanol–water partition coefficient (Wildman–Crippen LogP) is 5.07. The number of hydrogen-bond donors (Lipinski definition) is 1. The molecule has 1 unspecified atom stereocenters. The molecule has 0 aliphatic rings. The van der Waals surface area contributed by atoms with Gasteiger partial charge in [-0.3, -0.25) is 29.6 Å². The highest BCUT2D eigenvalue weighted by molar-refractivity contribution is 7.89. The van der Waals surface area contributed by atoms with Crippen LogP contribution in [0.3, 0.4) is 0 Å². The zero-order valence-electron chi connectivity index (χ0n) is 24.3. The zero-order chi connectivity index (χ0) is 32.5. The van der Waals surface area contributed by atoms with E-state index in [1.807, 2.05) is 0 Å². The van der Waals surface area contributed by atoms with Crippen LogP contribution in [-0.2, 0) is 30.1 Å². The summed E-state index contributed by atoms with van der Waals surface area (Å²) in [4.78, 5) is 36.2. The van der Waals surface area contributed by atoms with Gasteiger partial charge in [0, 0.05) is 25.2 Å². The summed E-state index contributed by atoms with van der Waals surface area (Å²) in [7, 11) is -8.62. The molecular weight excluding hydrogens is 615 g/mol. The zero-order valence-corrected chi connectivity index (χ0v) is 26.0. The average Bonchev–Trinajstić information content (AvgIpc) is 2.99. The van der Waals surface area contributed by atoms with Crippen molar-refractivity contribution in [3.63, 3.8) is 0 Å². The highest BCUT2D eigenvalue weighted by atomic mass is 32.2. The van der Waals surface area contributed by atoms with Crippen LogP contribution in [0.5, 0.6) is 0 Å². The fraction of sp³-hybridized carbons (Fsp3) is 0.321. The maximum atomic E-state index is 14.0. The molecule has 0 aliphatic carbocycles. The van der Waals surface area contributed by atoms with Gasteiger partial charge in [0.05, 0.1) is 39.6 Å². The fourth-order valence-electron chi connectivity index (χ4n) is 4.25. The molecule has 0 bridgehead atoms. The van der Waals surface area contributed by atoms with Crippen molar-refractivity contribution < 1.29 is 36.7 Å². The molecule has 0 aromatic heterocycles. The minimum absolute atomic E-state index is 0.0830. The predicted molar refractivity (Wildman–Crippen MR) is 162 cm³/mol. The topological polar surface area (TPSA) is 188 Å². The third-order valence-corrected chi connectivity index (χ3v) is 10.3. The van der Waals surface area contributed by atoms with Gasteiger partial charge in [-0.1, -0.05) is 48.0 Å². The molecule has 0 saturated carbocycles. The monoisotopic (exact) mass is 648 g/mol. The Morgan fingerprint density at radius 2 is 1.48 bits per heavy atom. The van der Waals surface area contributed by atoms with E-state index in [2.05, 4.69) is 4.72 Å². The highest BCUT2D eigenvalue weighted by Crippen LogP contribution is 2.52. The van der Waals surface area contributed by atoms with Crippen LogP contribution in [0.1, 0.15) is 35.3 Å². The molecular formula is C28H33N4O10PS. The van der Waals surface area contributed by atoms with E-state index in [0.29, 0.717) is 0 Å². The van der Waals surface area contributed by atoms with E-state index in [9.17, 15) is 38.0 Å². The maximum Gasteiger partial charge on any atom is 0.350 e. The highest BCUT2D eigenvalue weighted by Gasteiger charge is 2.41. The average molecular weight is 649 g/mol. The molecule has 44 heavy (non-hydrogen) atoms. The van der Waals surface area contributed by atoms with Crippen molar-refractivity contribution in [2.45, 2.75) is 37.9 Å². The standard InChI is InChI=1S/C28H33N4O10PS/c1-4-41-43(38,42-5-2)27(29-44(39,40)26-13-11-21(3)12-14-26)20-30(16-15-22-9-7-6-8-10-22)28(33)23-17-24(31(34)35)19-25(18-23)32(36)37/h6-14,17-19,27,29H,4-5,15-16,20H2,1-3H3. The summed E-state index contributed by atoms with van der Waals surface area (Å²) in [6.45, 7) is 3.98. The van der Waals surface area contributed by atoms with Crippen LogP contribution in [0.25, 0.3) is 0 Å². The van der Waals surface area contributed by atoms with Gasteiger partial charge in [0.1, 0.15) is 5.78 Å². The number of nitrogens with zero attached hydrogens (tertiary/aromatic N) is 3. The first-order valence-corrected chi connectivity index (χ1v) is 16.6. The summed E-state index contributed by atoms with van der Waals surface area (Å²) >= 11 is 0. The van der Waals surface area contributed by atoms with Crippen LogP contribution in [-0.4, -0.2) is 61.2 Å². The largest absolute Gasteiger partial charge is 0.350 e. The van der Waals surface area contributed by atoms with Crippen LogP contribution in [0.4, 0.5) is 11.4 Å². The van der Waals surface area contributed by atoms with Gasteiger partial charge >= 0.3 is 7.60 Å². The summed E-state index contributed by atoms with van der Waals surface area (Å²) < 4.78 is 54.3. The number of nitro groups is 2. The number of carbonyl (C=O) groups excluding carboxylic acids is 1. The number of carbonyl (C=O) groups is 1. The number of non-ortho nitro benzene ring substituents is 2. The van der Waals surface area contributed by atoms with Crippen molar-refractivity contribution in [3.05, 3.63) is 110 Å². The first-order chi connectivity index (χ1) is 20.8. The lowest BCUT2D eigenvalue weighted by Gasteiger charge is -2.32. The number of hydrogen-bond acceptors (Lipinski definition) is 10. The van der Waals surface area contributed by atoms with Gasteiger partial charge in [-0.2, -0.15) is 4.72 Å². The second-order valence-electron chi connectivity index (χ2n) is 9.56.